The molecule has 0 saturated carbocycles. The summed E-state index contributed by atoms with van der Waals surface area (Å²) in [6, 6.07) is 8.08. The topological polar surface area (TPSA) is 78.7 Å². The fraction of sp³-hybridized carbons (Fsp3) is 0.208. The van der Waals surface area contributed by atoms with Crippen molar-refractivity contribution >= 4 is 5.91 Å². The van der Waals surface area contributed by atoms with Crippen molar-refractivity contribution in [3.8, 4) is 5.75 Å². The average molecular weight is 450 g/mol. The van der Waals surface area contributed by atoms with Gasteiger partial charge in [-0.2, -0.15) is 0 Å². The number of aromatic hydroxyl groups is 1. The van der Waals surface area contributed by atoms with E-state index in [9.17, 15) is 23.5 Å². The molecule has 2 aromatic heterocycles. The first-order valence-electron chi connectivity index (χ1n) is 10.5. The SMILES string of the molecule is O=C1c2c(O)c(=O)ccn2N2CN1C/C=C/CCc1cc(F)c(F)cc1[C@@H]2c1ccccn1. The van der Waals surface area contributed by atoms with Gasteiger partial charge in [0.1, 0.15) is 12.7 Å². The lowest BCUT2D eigenvalue weighted by Gasteiger charge is -2.43. The Morgan fingerprint density at radius 1 is 1.06 bits per heavy atom. The number of benzene rings is 1. The van der Waals surface area contributed by atoms with E-state index < -0.39 is 34.8 Å². The summed E-state index contributed by atoms with van der Waals surface area (Å²) in [7, 11) is 0. The quantitative estimate of drug-likeness (QED) is 0.577. The van der Waals surface area contributed by atoms with E-state index in [1.54, 1.807) is 29.4 Å². The molecule has 2 aliphatic rings. The van der Waals surface area contributed by atoms with Crippen LogP contribution >= 0.6 is 0 Å². The van der Waals surface area contributed by atoms with Gasteiger partial charge in [0.2, 0.25) is 5.43 Å². The van der Waals surface area contributed by atoms with Gasteiger partial charge >= 0.3 is 0 Å². The lowest BCUT2D eigenvalue weighted by Crippen LogP contribution is -2.55. The van der Waals surface area contributed by atoms with Gasteiger partial charge in [0, 0.05) is 25.0 Å². The van der Waals surface area contributed by atoms with Crippen LogP contribution in [0.5, 0.6) is 5.75 Å². The number of aryl methyl sites for hydroxylation is 1. The number of aromatic nitrogens is 2. The van der Waals surface area contributed by atoms with Gasteiger partial charge in [-0.3, -0.25) is 24.3 Å². The number of hydrogen-bond acceptors (Lipinski definition) is 5. The maximum Gasteiger partial charge on any atom is 0.278 e. The molecule has 9 heteroatoms. The summed E-state index contributed by atoms with van der Waals surface area (Å²) in [5.41, 5.74) is 0.758. The fourth-order valence-corrected chi connectivity index (χ4v) is 4.38. The van der Waals surface area contributed by atoms with Crippen molar-refractivity contribution in [1.29, 1.82) is 0 Å². The highest BCUT2D eigenvalue weighted by Crippen LogP contribution is 2.34. The standard InChI is InChI=1S/C24H20F2N4O3/c25-17-12-15-6-2-1-5-10-28-14-30(29-11-8-20(31)23(32)22(29)24(28)33)21(16(15)13-18(17)26)19-7-3-4-9-27-19/h1,3-5,7-9,11-13,21,32H,2,6,10,14H2/b5-1+/t21-/m1/s1. The van der Waals surface area contributed by atoms with Gasteiger partial charge in [0.15, 0.2) is 23.1 Å². The van der Waals surface area contributed by atoms with Crippen molar-refractivity contribution in [2.24, 2.45) is 0 Å². The van der Waals surface area contributed by atoms with Crippen LogP contribution in [0.2, 0.25) is 0 Å². The number of carbonyl (C=O) groups excluding carboxylic acids is 1. The number of nitrogens with zero attached hydrogens (tertiary/aromatic N) is 4. The Morgan fingerprint density at radius 3 is 2.67 bits per heavy atom. The second kappa shape index (κ2) is 8.16. The molecule has 0 spiro atoms. The first kappa shape index (κ1) is 20.9. The molecular formula is C24H20F2N4O3. The van der Waals surface area contributed by atoms with E-state index in [0.29, 0.717) is 29.7 Å². The smallest absolute Gasteiger partial charge is 0.278 e. The number of pyridine rings is 2. The lowest BCUT2D eigenvalue weighted by atomic mass is 9.93. The van der Waals surface area contributed by atoms with Gasteiger partial charge < -0.3 is 10.0 Å². The van der Waals surface area contributed by atoms with Crippen LogP contribution in [0.15, 0.2) is 65.7 Å². The third-order valence-corrected chi connectivity index (χ3v) is 5.95. The van der Waals surface area contributed by atoms with E-state index in [1.165, 1.54) is 21.8 Å². The van der Waals surface area contributed by atoms with Crippen LogP contribution in [0.1, 0.15) is 39.8 Å². The summed E-state index contributed by atoms with van der Waals surface area (Å²) in [5, 5.41) is 12.2. The third kappa shape index (κ3) is 3.55. The molecule has 2 aliphatic heterocycles. The van der Waals surface area contributed by atoms with Crippen LogP contribution in [0, 0.1) is 11.6 Å². The first-order chi connectivity index (χ1) is 16.0. The highest BCUT2D eigenvalue weighted by atomic mass is 19.2. The van der Waals surface area contributed by atoms with Crippen LogP contribution in [0.3, 0.4) is 0 Å². The summed E-state index contributed by atoms with van der Waals surface area (Å²) >= 11 is 0. The van der Waals surface area contributed by atoms with Crippen LogP contribution in [-0.4, -0.2) is 38.8 Å². The molecule has 2 bridgehead atoms. The van der Waals surface area contributed by atoms with Crippen LogP contribution < -0.4 is 10.4 Å². The monoisotopic (exact) mass is 450 g/mol. The van der Waals surface area contributed by atoms with Crippen molar-refractivity contribution in [2.75, 3.05) is 18.2 Å². The fourth-order valence-electron chi connectivity index (χ4n) is 4.38. The molecule has 1 amide bonds. The number of fused-ring (bicyclic) bond motifs is 5. The molecule has 0 unspecified atom stereocenters. The number of hydrogen-bond donors (Lipinski definition) is 1. The molecule has 168 valence electrons. The van der Waals surface area contributed by atoms with Gasteiger partial charge in [-0.05, 0) is 48.2 Å². The first-order valence-corrected chi connectivity index (χ1v) is 10.5. The van der Waals surface area contributed by atoms with Gasteiger partial charge in [0.05, 0.1) is 5.69 Å². The maximum atomic E-state index is 14.5. The number of halogens is 2. The molecule has 3 aromatic rings. The Balaban J connectivity index is 1.82. The molecule has 5 rings (SSSR count). The van der Waals surface area contributed by atoms with Gasteiger partial charge in [0.25, 0.3) is 5.91 Å². The second-order valence-electron chi connectivity index (χ2n) is 7.96. The van der Waals surface area contributed by atoms with Crippen LogP contribution in [-0.2, 0) is 6.42 Å². The van der Waals surface area contributed by atoms with E-state index >= 15 is 0 Å². The Kier molecular flexibility index (Phi) is 5.16. The lowest BCUT2D eigenvalue weighted by molar-refractivity contribution is 0.0701. The average Bonchev–Trinajstić information content (AvgIpc) is 2.84. The Hall–Kier alpha value is -4.01. The Labute approximate surface area is 187 Å². The number of allylic oxidation sites excluding steroid dienone is 1. The molecule has 0 radical (unpaired) electrons. The molecule has 7 nitrogen and oxygen atoms in total. The summed E-state index contributed by atoms with van der Waals surface area (Å²) in [5.74, 6) is -3.10. The second-order valence-corrected chi connectivity index (χ2v) is 7.96. The van der Waals surface area contributed by atoms with Crippen LogP contribution in [0.25, 0.3) is 0 Å². The predicted molar refractivity (Wildman–Crippen MR) is 116 cm³/mol. The molecule has 4 heterocycles. The zero-order valence-electron chi connectivity index (χ0n) is 17.5. The molecule has 0 saturated heterocycles. The van der Waals surface area contributed by atoms with Crippen molar-refractivity contribution in [3.05, 3.63) is 105 Å². The zero-order valence-corrected chi connectivity index (χ0v) is 17.5. The van der Waals surface area contributed by atoms with Crippen LogP contribution in [0.4, 0.5) is 8.78 Å². The van der Waals surface area contributed by atoms with E-state index in [1.807, 2.05) is 12.2 Å². The largest absolute Gasteiger partial charge is 0.502 e. The summed E-state index contributed by atoms with van der Waals surface area (Å²) in [6.07, 6.45) is 7.69. The third-order valence-electron chi connectivity index (χ3n) is 5.95. The summed E-state index contributed by atoms with van der Waals surface area (Å²) in [4.78, 5) is 31.3. The number of carbonyl (C=O) groups is 1. The van der Waals surface area contributed by atoms with Gasteiger partial charge in [-0.1, -0.05) is 18.2 Å². The highest BCUT2D eigenvalue weighted by Gasteiger charge is 2.37. The minimum Gasteiger partial charge on any atom is -0.502 e. The number of amides is 1. The maximum absolute atomic E-state index is 14.5. The predicted octanol–water partition coefficient (Wildman–Crippen LogP) is 2.87. The van der Waals surface area contributed by atoms with Crippen molar-refractivity contribution in [1.82, 2.24) is 14.6 Å². The number of rotatable bonds is 1. The van der Waals surface area contributed by atoms with E-state index in [2.05, 4.69) is 4.98 Å². The van der Waals surface area contributed by atoms with Gasteiger partial charge in [-0.25, -0.2) is 8.78 Å². The molecule has 1 atom stereocenters. The van der Waals surface area contributed by atoms with Crippen molar-refractivity contribution < 1.29 is 18.7 Å². The molecule has 1 aromatic carbocycles. The zero-order chi connectivity index (χ0) is 23.1. The van der Waals surface area contributed by atoms with E-state index in [-0.39, 0.29) is 18.9 Å². The van der Waals surface area contributed by atoms with E-state index in [4.69, 9.17) is 0 Å². The van der Waals surface area contributed by atoms with Crippen molar-refractivity contribution in [3.63, 3.8) is 0 Å². The van der Waals surface area contributed by atoms with E-state index in [0.717, 1.165) is 12.1 Å². The van der Waals surface area contributed by atoms with Gasteiger partial charge in [-0.15, -0.1) is 0 Å². The summed E-state index contributed by atoms with van der Waals surface area (Å²) in [6.45, 7) is 0.310. The molecular weight excluding hydrogens is 430 g/mol. The molecule has 1 N–H and O–H groups in total. The minimum atomic E-state index is -0.993. The van der Waals surface area contributed by atoms with Crippen molar-refractivity contribution in [2.45, 2.75) is 18.9 Å². The molecule has 0 fully saturated rings. The normalized spacial score (nSPS) is 18.8. The Morgan fingerprint density at radius 2 is 1.88 bits per heavy atom. The Bertz CT molecular complexity index is 1320. The molecule has 33 heavy (non-hydrogen) atoms. The minimum absolute atomic E-state index is 0.0676. The highest BCUT2D eigenvalue weighted by molar-refractivity contribution is 5.96. The summed E-state index contributed by atoms with van der Waals surface area (Å²) < 4.78 is 30.1. The molecule has 0 aliphatic carbocycles.